The number of hydrogen-bond donors (Lipinski definition) is 0. The molecule has 0 saturated heterocycles. The molecule has 39 heavy (non-hydrogen) atoms. The molecule has 0 aromatic rings. The van der Waals surface area contributed by atoms with Crippen molar-refractivity contribution in [2.45, 2.75) is 156 Å². The molecule has 0 aliphatic carbocycles. The van der Waals surface area contributed by atoms with Crippen LogP contribution in [0.25, 0.3) is 0 Å². The fourth-order valence-corrected chi connectivity index (χ4v) is 4.30. The van der Waals surface area contributed by atoms with Crippen LogP contribution in [0.4, 0.5) is 4.79 Å². The van der Waals surface area contributed by atoms with Crippen LogP contribution in [0.2, 0.25) is 0 Å². The molecule has 224 valence electrons. The van der Waals surface area contributed by atoms with Gasteiger partial charge in [0.25, 0.3) is 0 Å². The topological polar surface area (TPSA) is 55.8 Å². The Morgan fingerprint density at radius 2 is 1.03 bits per heavy atom. The first-order chi connectivity index (χ1) is 19.2. The second kappa shape index (κ2) is 30.4. The SMILES string of the molecule is CCCCCCCCCCCCC#CC#CCCCCCCCCCN(CC(=O)OCCCC)C(=O)OCC. The van der Waals surface area contributed by atoms with E-state index >= 15 is 0 Å². The first-order valence-corrected chi connectivity index (χ1v) is 16.2. The molecule has 0 saturated carbocycles. The minimum absolute atomic E-state index is 0.0345. The van der Waals surface area contributed by atoms with Crippen molar-refractivity contribution in [3.05, 3.63) is 0 Å². The molecule has 0 atom stereocenters. The van der Waals surface area contributed by atoms with Crippen molar-refractivity contribution in [1.82, 2.24) is 4.90 Å². The van der Waals surface area contributed by atoms with Crippen molar-refractivity contribution in [1.29, 1.82) is 0 Å². The Hall–Kier alpha value is -2.14. The molecule has 0 aromatic heterocycles. The normalized spacial score (nSPS) is 10.2. The predicted octanol–water partition coefficient (Wildman–Crippen LogP) is 9.23. The van der Waals surface area contributed by atoms with Gasteiger partial charge in [0.15, 0.2) is 0 Å². The number of nitrogens with zero attached hydrogens (tertiary/aromatic N) is 1. The molecule has 0 heterocycles. The van der Waals surface area contributed by atoms with Crippen LogP contribution < -0.4 is 0 Å². The number of esters is 1. The lowest BCUT2D eigenvalue weighted by atomic mass is 10.1. The highest BCUT2D eigenvalue weighted by molar-refractivity contribution is 5.78. The minimum atomic E-state index is -0.436. The van der Waals surface area contributed by atoms with Crippen LogP contribution in [-0.4, -0.2) is 43.3 Å². The lowest BCUT2D eigenvalue weighted by Gasteiger charge is -2.21. The Morgan fingerprint density at radius 3 is 1.51 bits per heavy atom. The maximum atomic E-state index is 12.1. The highest BCUT2D eigenvalue weighted by Gasteiger charge is 2.18. The summed E-state index contributed by atoms with van der Waals surface area (Å²) in [7, 11) is 0. The Labute approximate surface area is 241 Å². The smallest absolute Gasteiger partial charge is 0.410 e. The van der Waals surface area contributed by atoms with Crippen LogP contribution in [0.1, 0.15) is 156 Å². The van der Waals surface area contributed by atoms with Gasteiger partial charge in [-0.1, -0.05) is 122 Å². The highest BCUT2D eigenvalue weighted by Crippen LogP contribution is 2.11. The van der Waals surface area contributed by atoms with Crippen LogP contribution in [0, 0.1) is 23.7 Å². The number of carbonyl (C=O) groups excluding carboxylic acids is 2. The summed E-state index contributed by atoms with van der Waals surface area (Å²) in [6, 6.07) is 0. The standard InChI is InChI=1S/C34H59NO4/c1-4-7-9-10-11-12-13-14-15-16-17-18-19-20-21-22-23-24-25-26-27-28-29-30-35(34(37)38-6-3)32-33(36)39-31-8-5-2/h4-17,22-32H2,1-3H3. The zero-order valence-electron chi connectivity index (χ0n) is 25.8. The van der Waals surface area contributed by atoms with E-state index in [-0.39, 0.29) is 12.5 Å². The summed E-state index contributed by atoms with van der Waals surface area (Å²) in [5, 5.41) is 0. The van der Waals surface area contributed by atoms with Crippen LogP contribution in [0.3, 0.4) is 0 Å². The van der Waals surface area contributed by atoms with Crippen molar-refractivity contribution in [2.75, 3.05) is 26.3 Å². The first-order valence-electron chi connectivity index (χ1n) is 16.2. The maximum absolute atomic E-state index is 12.1. The van der Waals surface area contributed by atoms with E-state index in [2.05, 4.69) is 30.6 Å². The Morgan fingerprint density at radius 1 is 0.564 bits per heavy atom. The summed E-state index contributed by atoms with van der Waals surface area (Å²) >= 11 is 0. The molecule has 0 radical (unpaired) electrons. The minimum Gasteiger partial charge on any atom is -0.464 e. The fourth-order valence-electron chi connectivity index (χ4n) is 4.30. The van der Waals surface area contributed by atoms with Gasteiger partial charge in [0, 0.05) is 19.4 Å². The molecule has 0 aliphatic rings. The number of ether oxygens (including phenoxy) is 2. The van der Waals surface area contributed by atoms with Gasteiger partial charge in [-0.05, 0) is 44.4 Å². The number of carbonyl (C=O) groups is 2. The van der Waals surface area contributed by atoms with Crippen LogP contribution in [0.15, 0.2) is 0 Å². The van der Waals surface area contributed by atoms with E-state index in [0.29, 0.717) is 19.8 Å². The number of amides is 1. The summed E-state index contributed by atoms with van der Waals surface area (Å²) in [5.41, 5.74) is 0. The van der Waals surface area contributed by atoms with Crippen molar-refractivity contribution in [3.8, 4) is 23.7 Å². The Balaban J connectivity index is 3.68. The van der Waals surface area contributed by atoms with E-state index in [9.17, 15) is 9.59 Å². The molecule has 0 spiro atoms. The second-order valence-electron chi connectivity index (χ2n) is 10.5. The Kier molecular flexibility index (Phi) is 28.7. The fraction of sp³-hybridized carbons (Fsp3) is 0.824. The molecule has 5 heteroatoms. The van der Waals surface area contributed by atoms with Gasteiger partial charge in [0.05, 0.1) is 13.2 Å². The molecular weight excluding hydrogens is 486 g/mol. The van der Waals surface area contributed by atoms with E-state index in [0.717, 1.165) is 51.4 Å². The van der Waals surface area contributed by atoms with Crippen LogP contribution in [-0.2, 0) is 14.3 Å². The van der Waals surface area contributed by atoms with Gasteiger partial charge in [-0.3, -0.25) is 9.69 Å². The molecule has 0 aromatic carbocycles. The van der Waals surface area contributed by atoms with Crippen LogP contribution in [0.5, 0.6) is 0 Å². The third kappa shape index (κ3) is 27.2. The Bertz CT molecular complexity index is 697. The maximum Gasteiger partial charge on any atom is 0.410 e. The lowest BCUT2D eigenvalue weighted by molar-refractivity contribution is -0.144. The third-order valence-corrected chi connectivity index (χ3v) is 6.73. The van der Waals surface area contributed by atoms with Gasteiger partial charge < -0.3 is 9.47 Å². The van der Waals surface area contributed by atoms with Crippen molar-refractivity contribution in [3.63, 3.8) is 0 Å². The van der Waals surface area contributed by atoms with Gasteiger partial charge in [-0.2, -0.15) is 0 Å². The van der Waals surface area contributed by atoms with Crippen molar-refractivity contribution in [2.24, 2.45) is 0 Å². The average Bonchev–Trinajstić information content (AvgIpc) is 2.93. The lowest BCUT2D eigenvalue weighted by Crippen LogP contribution is -2.37. The molecule has 0 bridgehead atoms. The zero-order valence-corrected chi connectivity index (χ0v) is 25.8. The van der Waals surface area contributed by atoms with Gasteiger partial charge in [0.1, 0.15) is 6.54 Å². The summed E-state index contributed by atoms with van der Waals surface area (Å²) in [6.07, 6.45) is 24.6. The summed E-state index contributed by atoms with van der Waals surface area (Å²) in [4.78, 5) is 25.6. The zero-order chi connectivity index (χ0) is 28.7. The van der Waals surface area contributed by atoms with E-state index in [1.54, 1.807) is 6.92 Å². The van der Waals surface area contributed by atoms with Crippen molar-refractivity contribution < 1.29 is 19.1 Å². The van der Waals surface area contributed by atoms with Crippen molar-refractivity contribution >= 4 is 12.1 Å². The molecule has 0 rings (SSSR count). The summed E-state index contributed by atoms with van der Waals surface area (Å²) in [5.74, 6) is 12.1. The molecule has 0 fully saturated rings. The monoisotopic (exact) mass is 545 g/mol. The van der Waals surface area contributed by atoms with Gasteiger partial charge in [0.2, 0.25) is 0 Å². The molecule has 0 N–H and O–H groups in total. The van der Waals surface area contributed by atoms with E-state index in [4.69, 9.17) is 9.47 Å². The largest absolute Gasteiger partial charge is 0.464 e. The van der Waals surface area contributed by atoms with Crippen LogP contribution >= 0.6 is 0 Å². The number of hydrogen-bond acceptors (Lipinski definition) is 4. The average molecular weight is 546 g/mol. The number of unbranched alkanes of at least 4 members (excludes halogenated alkanes) is 18. The molecule has 0 unspecified atom stereocenters. The number of rotatable bonds is 25. The summed E-state index contributed by atoms with van der Waals surface area (Å²) in [6.45, 7) is 7.29. The second-order valence-corrected chi connectivity index (χ2v) is 10.5. The first kappa shape index (κ1) is 36.9. The van der Waals surface area contributed by atoms with Gasteiger partial charge in [-0.15, -0.1) is 0 Å². The molecule has 1 amide bonds. The van der Waals surface area contributed by atoms with E-state index < -0.39 is 6.09 Å². The van der Waals surface area contributed by atoms with Gasteiger partial charge >= 0.3 is 12.1 Å². The quantitative estimate of drug-likeness (QED) is 0.0652. The van der Waals surface area contributed by atoms with E-state index in [1.165, 1.54) is 88.4 Å². The summed E-state index contributed by atoms with van der Waals surface area (Å²) < 4.78 is 10.3. The molecular formula is C34H59NO4. The molecule has 5 nitrogen and oxygen atoms in total. The predicted molar refractivity (Wildman–Crippen MR) is 163 cm³/mol. The molecule has 0 aliphatic heterocycles. The van der Waals surface area contributed by atoms with E-state index in [1.807, 2.05) is 6.92 Å². The highest BCUT2D eigenvalue weighted by atomic mass is 16.6. The third-order valence-electron chi connectivity index (χ3n) is 6.73. The van der Waals surface area contributed by atoms with Gasteiger partial charge in [-0.25, -0.2) is 4.79 Å².